The van der Waals surface area contributed by atoms with E-state index in [1.54, 1.807) is 0 Å². The van der Waals surface area contributed by atoms with E-state index in [9.17, 15) is 8.42 Å². The fraction of sp³-hybridized carbons (Fsp3) is 1.00. The van der Waals surface area contributed by atoms with Crippen molar-refractivity contribution in [1.29, 1.82) is 0 Å². The van der Waals surface area contributed by atoms with Crippen LogP contribution in [0.1, 0.15) is 161 Å². The molecule has 0 bridgehead atoms. The quantitative estimate of drug-likeness (QED) is 0.206. The maximum absolute atomic E-state index is 11.9. The Balaban J connectivity index is -0.000000588. The number of hydrogen-bond acceptors (Lipinski definition) is 9. The van der Waals surface area contributed by atoms with Crippen LogP contribution in [0, 0.1) is 0 Å². The van der Waals surface area contributed by atoms with Gasteiger partial charge in [-0.25, -0.2) is 11.9 Å². The summed E-state index contributed by atoms with van der Waals surface area (Å²) in [6.07, 6.45) is 31.2. The number of nitrogens with two attached hydrogens (primary N) is 1. The first-order valence-electron chi connectivity index (χ1n) is 17.2. The Bertz CT molecular complexity index is 910. The molecule has 0 spiro atoms. The Morgan fingerprint density at radius 1 is 0.500 bits per heavy atom. The third kappa shape index (κ3) is 32.8. The van der Waals surface area contributed by atoms with E-state index < -0.39 is 18.5 Å². The summed E-state index contributed by atoms with van der Waals surface area (Å²) in [6.45, 7) is 0. The van der Waals surface area contributed by atoms with Gasteiger partial charge in [0.2, 0.25) is 0 Å². The largest absolute Gasteiger partial charge is 1.00 e. The molecule has 0 aromatic rings. The van der Waals surface area contributed by atoms with E-state index >= 15 is 0 Å². The fourth-order valence-corrected chi connectivity index (χ4v) is 8.05. The van der Waals surface area contributed by atoms with Crippen molar-refractivity contribution in [2.24, 2.45) is 16.0 Å². The Labute approximate surface area is 350 Å². The van der Waals surface area contributed by atoms with Gasteiger partial charge in [-0.1, -0.05) is 96.3 Å². The predicted molar refractivity (Wildman–Crippen MR) is 187 cm³/mol. The van der Waals surface area contributed by atoms with Gasteiger partial charge in [-0.05, 0) is 64.2 Å². The van der Waals surface area contributed by atoms with Crippen molar-refractivity contribution in [2.45, 2.75) is 191 Å². The molecule has 0 aromatic heterocycles. The first-order chi connectivity index (χ1) is 21.5. The second kappa shape index (κ2) is 33.7. The first-order valence-corrected chi connectivity index (χ1v) is 22.2. The van der Waals surface area contributed by atoms with Crippen LogP contribution in [-0.2, 0) is 18.5 Å². The molecule has 48 heavy (non-hydrogen) atoms. The molecule has 0 heterocycles. The van der Waals surface area contributed by atoms with E-state index in [0.717, 1.165) is 51.4 Å². The average Bonchev–Trinajstić information content (AvgIpc) is 3.03. The molecule has 0 amide bonds. The minimum absolute atomic E-state index is 0. The fourth-order valence-electron chi connectivity index (χ4n) is 6.63. The number of azo groups is 1. The van der Waals surface area contributed by atoms with Gasteiger partial charge >= 0.3 is 67.4 Å². The number of nitrogens with one attached hydrogen (secondary N) is 2. The minimum Gasteiger partial charge on any atom is -0.870 e. The summed E-state index contributed by atoms with van der Waals surface area (Å²) in [5.41, 5.74) is 5.63. The topological polar surface area (TPSA) is 196 Å². The van der Waals surface area contributed by atoms with E-state index in [1.807, 2.05) is 0 Å². The van der Waals surface area contributed by atoms with Gasteiger partial charge in [0.1, 0.15) is 0 Å². The molecule has 0 unspecified atom stereocenters. The summed E-state index contributed by atoms with van der Waals surface area (Å²) in [5, 5.41) is 9.06. The van der Waals surface area contributed by atoms with Crippen LogP contribution in [0.2, 0.25) is 0 Å². The summed E-state index contributed by atoms with van der Waals surface area (Å²) < 4.78 is 55.5. The summed E-state index contributed by atoms with van der Waals surface area (Å²) >= 11 is 3.39. The van der Waals surface area contributed by atoms with Gasteiger partial charge < -0.3 is 15.9 Å². The van der Waals surface area contributed by atoms with Crippen LogP contribution >= 0.6 is 33.2 Å². The van der Waals surface area contributed by atoms with Gasteiger partial charge in [-0.15, -0.1) is 0 Å². The zero-order valence-electron chi connectivity index (χ0n) is 29.5. The normalized spacial score (nSPS) is 21.8. The summed E-state index contributed by atoms with van der Waals surface area (Å²) in [6, 6.07) is 2.00. The molecule has 11 nitrogen and oxygen atoms in total. The zero-order valence-corrected chi connectivity index (χ0v) is 37.4. The van der Waals surface area contributed by atoms with Crippen LogP contribution < -0.4 is 79.0 Å². The van der Waals surface area contributed by atoms with Crippen molar-refractivity contribution in [2.75, 3.05) is 0 Å². The predicted octanol–water partition coefficient (Wildman–Crippen LogP) is 1.50. The van der Waals surface area contributed by atoms with E-state index in [4.69, 9.17) is 18.8 Å². The monoisotopic (exact) mass is 801 g/mol. The third-order valence-electron chi connectivity index (χ3n) is 9.05. The molecule has 0 aromatic carbocycles. The van der Waals surface area contributed by atoms with Crippen molar-refractivity contribution < 1.29 is 86.1 Å². The number of hydrogen-bond donors (Lipinski definition) is 3. The minimum atomic E-state index is -3.72. The van der Waals surface area contributed by atoms with Crippen molar-refractivity contribution in [1.82, 2.24) is 9.44 Å². The van der Waals surface area contributed by atoms with E-state index in [-0.39, 0.29) is 76.7 Å². The van der Waals surface area contributed by atoms with Gasteiger partial charge in [0.25, 0.3) is 10.2 Å². The zero-order chi connectivity index (χ0) is 33.4. The van der Waals surface area contributed by atoms with Crippen LogP contribution in [-0.4, -0.2) is 52.5 Å². The van der Waals surface area contributed by atoms with Gasteiger partial charge in [-0.2, -0.15) is 36.5 Å². The second-order valence-corrected chi connectivity index (χ2v) is 18.1. The van der Waals surface area contributed by atoms with Gasteiger partial charge in [0.15, 0.2) is 0 Å². The Morgan fingerprint density at radius 2 is 0.729 bits per heavy atom. The maximum Gasteiger partial charge on any atom is 1.00 e. The molecule has 5 N–H and O–H groups in total. The van der Waals surface area contributed by atoms with E-state index in [0.29, 0.717) is 18.1 Å². The molecule has 0 aliphatic heterocycles. The van der Waals surface area contributed by atoms with Crippen LogP contribution in [0.4, 0.5) is 0 Å². The molecule has 5 fully saturated rings. The molecule has 0 saturated heterocycles. The number of rotatable bonds is 6. The molecule has 276 valence electrons. The van der Waals surface area contributed by atoms with E-state index in [1.165, 1.54) is 109 Å². The molecule has 5 rings (SSSR count). The standard InChI is InChI=1S/C12H24N2O2S.C12H22N2.C6H13N.Cl2O2S.ClO.2Na.H2O/c15-17(16,13-11-7-3-1-4-8-11)14-12-9-5-2-6-10-12;1-3-7-11(8-4-1)13-14-12-9-5-2-6-10-12;7-6-4-2-1-3-5-6;1-5(2,3)4;1-2;;;/h11-14H,1-10H2;11-12H,1-10H2;6H,1-5,7H2;;;;;1H2/q;;;;-1;2*+1;/p-1. The number of nitrogens with zero attached hydrogens (tertiary/aromatic N) is 2. The van der Waals surface area contributed by atoms with Gasteiger partial charge in [-0.3, -0.25) is 0 Å². The Hall–Kier alpha value is 2.17. The SMILES string of the molecule is C1CCC(N=NC2CCCCC2)CC1.NC1CCCCC1.O=S(=O)(Cl)Cl.O=S(=O)(NC1CCCCC1)NC1CCCCC1.[Na+].[Na+].[O-]Cl.[OH-]. The van der Waals surface area contributed by atoms with Gasteiger partial charge in [0, 0.05) is 39.5 Å². The van der Waals surface area contributed by atoms with Crippen molar-refractivity contribution in [3.05, 3.63) is 0 Å². The molecular formula is C30H60Cl3N5Na2O6S2. The molecule has 18 heteroatoms. The second-order valence-electron chi connectivity index (χ2n) is 13.0. The molecule has 0 atom stereocenters. The van der Waals surface area contributed by atoms with Crippen molar-refractivity contribution in [3.63, 3.8) is 0 Å². The Morgan fingerprint density at radius 3 is 0.958 bits per heavy atom. The van der Waals surface area contributed by atoms with Crippen LogP contribution in [0.3, 0.4) is 0 Å². The van der Waals surface area contributed by atoms with Crippen LogP contribution in [0.25, 0.3) is 0 Å². The molecule has 5 saturated carbocycles. The van der Waals surface area contributed by atoms with Crippen LogP contribution in [0.15, 0.2) is 10.2 Å². The molecule has 5 aliphatic rings. The van der Waals surface area contributed by atoms with Crippen LogP contribution in [0.5, 0.6) is 0 Å². The summed E-state index contributed by atoms with van der Waals surface area (Å²) in [7, 11) is 1.53. The third-order valence-corrected chi connectivity index (χ3v) is 10.3. The smallest absolute Gasteiger partial charge is 0.870 e. The molecule has 5 aliphatic carbocycles. The number of halogens is 3. The average molecular weight is 803 g/mol. The van der Waals surface area contributed by atoms with E-state index in [2.05, 4.69) is 52.9 Å². The summed E-state index contributed by atoms with van der Waals surface area (Å²) in [5.74, 6) is 0. The first kappa shape index (κ1) is 54.5. The van der Waals surface area contributed by atoms with Crippen molar-refractivity contribution in [3.8, 4) is 0 Å². The molecular weight excluding hydrogens is 743 g/mol. The molecule has 0 radical (unpaired) electrons. The van der Waals surface area contributed by atoms with Crippen molar-refractivity contribution >= 4 is 51.7 Å². The Kier molecular flexibility index (Phi) is 38.3. The maximum atomic E-state index is 11.9. The summed E-state index contributed by atoms with van der Waals surface area (Å²) in [4.78, 5) is 0. The van der Waals surface area contributed by atoms with Gasteiger partial charge in [0.05, 0.1) is 12.1 Å².